The van der Waals surface area contributed by atoms with Gasteiger partial charge in [0.2, 0.25) is 0 Å². The molecule has 1 aromatic carbocycles. The fourth-order valence-corrected chi connectivity index (χ4v) is 4.69. The lowest BCUT2D eigenvalue weighted by Gasteiger charge is -2.36. The van der Waals surface area contributed by atoms with Crippen LogP contribution in [0, 0.1) is 0 Å². The van der Waals surface area contributed by atoms with Crippen LogP contribution < -0.4 is 5.32 Å². The Kier molecular flexibility index (Phi) is 5.01. The van der Waals surface area contributed by atoms with Gasteiger partial charge in [-0.3, -0.25) is 14.6 Å². The summed E-state index contributed by atoms with van der Waals surface area (Å²) in [5.74, 6) is 0.112. The maximum atomic E-state index is 12.9. The Balaban J connectivity index is 1.25. The van der Waals surface area contributed by atoms with Crippen molar-refractivity contribution < 1.29 is 4.79 Å². The first-order valence-corrected chi connectivity index (χ1v) is 10.8. The van der Waals surface area contributed by atoms with Crippen molar-refractivity contribution in [2.24, 2.45) is 0 Å². The van der Waals surface area contributed by atoms with E-state index in [1.165, 1.54) is 16.5 Å². The SMILES string of the molecule is CC1=C(CCN2CC=C(c3c[nH]c4ccc(Cl)cc34)CC2)C(=O)N2C=CC=CC2N1. The summed E-state index contributed by atoms with van der Waals surface area (Å²) in [6.45, 7) is 4.77. The van der Waals surface area contributed by atoms with Gasteiger partial charge in [-0.05, 0) is 55.7 Å². The third-order valence-electron chi connectivity index (χ3n) is 6.22. The van der Waals surface area contributed by atoms with Crippen molar-refractivity contribution in [2.75, 3.05) is 19.6 Å². The Morgan fingerprint density at radius 1 is 1.27 bits per heavy atom. The van der Waals surface area contributed by atoms with Crippen LogP contribution in [0.2, 0.25) is 5.02 Å². The van der Waals surface area contributed by atoms with E-state index in [1.54, 1.807) is 4.90 Å². The van der Waals surface area contributed by atoms with E-state index in [1.807, 2.05) is 49.6 Å². The first-order valence-electron chi connectivity index (χ1n) is 10.4. The first-order chi connectivity index (χ1) is 14.6. The summed E-state index contributed by atoms with van der Waals surface area (Å²) in [5, 5.41) is 5.38. The van der Waals surface area contributed by atoms with Gasteiger partial charge in [-0.2, -0.15) is 0 Å². The van der Waals surface area contributed by atoms with Crippen molar-refractivity contribution in [1.82, 2.24) is 20.1 Å². The van der Waals surface area contributed by atoms with Crippen LogP contribution in [0.15, 0.2) is 66.2 Å². The van der Waals surface area contributed by atoms with E-state index in [9.17, 15) is 4.79 Å². The second kappa shape index (κ2) is 7.82. The van der Waals surface area contributed by atoms with Gasteiger partial charge >= 0.3 is 0 Å². The molecule has 3 aliphatic heterocycles. The fraction of sp³-hybridized carbons (Fsp3) is 0.292. The molecule has 5 rings (SSSR count). The minimum atomic E-state index is -0.0589. The summed E-state index contributed by atoms with van der Waals surface area (Å²) in [7, 11) is 0. The summed E-state index contributed by atoms with van der Waals surface area (Å²) in [6.07, 6.45) is 13.8. The predicted molar refractivity (Wildman–Crippen MR) is 122 cm³/mol. The molecule has 2 N–H and O–H groups in total. The van der Waals surface area contributed by atoms with Crippen molar-refractivity contribution >= 4 is 34.0 Å². The highest BCUT2D eigenvalue weighted by Crippen LogP contribution is 2.31. The van der Waals surface area contributed by atoms with E-state index in [0.717, 1.165) is 54.3 Å². The molecule has 1 unspecified atom stereocenters. The molecule has 30 heavy (non-hydrogen) atoms. The molecular weight excluding hydrogens is 396 g/mol. The number of nitrogens with one attached hydrogen (secondary N) is 2. The van der Waals surface area contributed by atoms with Crippen LogP contribution >= 0.6 is 11.6 Å². The second-order valence-corrected chi connectivity index (χ2v) is 8.49. The van der Waals surface area contributed by atoms with Gasteiger partial charge in [0.15, 0.2) is 0 Å². The smallest absolute Gasteiger partial charge is 0.257 e. The maximum Gasteiger partial charge on any atom is 0.257 e. The van der Waals surface area contributed by atoms with E-state index >= 15 is 0 Å². The summed E-state index contributed by atoms with van der Waals surface area (Å²) in [6, 6.07) is 5.97. The standard InChI is InChI=1S/C24H25ClN4O/c1-16-19(24(30)29-10-3-2-4-23(29)27-16)9-13-28-11-7-17(8-12-28)21-15-26-22-6-5-18(25)14-20(21)22/h2-7,10,14-15,23,26-27H,8-9,11-13H2,1H3. The van der Waals surface area contributed by atoms with Crippen LogP contribution in [0.4, 0.5) is 0 Å². The molecule has 0 aliphatic carbocycles. The lowest BCUT2D eigenvalue weighted by Crippen LogP contribution is -2.50. The van der Waals surface area contributed by atoms with Gasteiger partial charge in [-0.25, -0.2) is 0 Å². The van der Waals surface area contributed by atoms with Gasteiger partial charge in [0, 0.05) is 64.8 Å². The molecule has 1 atom stereocenters. The number of halogens is 1. The number of nitrogens with zero attached hydrogens (tertiary/aromatic N) is 2. The third-order valence-corrected chi connectivity index (χ3v) is 6.46. The van der Waals surface area contributed by atoms with Crippen LogP contribution in [0.25, 0.3) is 16.5 Å². The number of H-pyrrole nitrogens is 1. The number of aromatic amines is 1. The Morgan fingerprint density at radius 3 is 3.00 bits per heavy atom. The van der Waals surface area contributed by atoms with E-state index < -0.39 is 0 Å². The molecule has 3 aliphatic rings. The highest BCUT2D eigenvalue weighted by Gasteiger charge is 2.30. The maximum absolute atomic E-state index is 12.9. The highest BCUT2D eigenvalue weighted by molar-refractivity contribution is 6.31. The number of carbonyl (C=O) groups is 1. The monoisotopic (exact) mass is 420 g/mol. The topological polar surface area (TPSA) is 51.4 Å². The zero-order valence-electron chi connectivity index (χ0n) is 17.0. The molecular formula is C24H25ClN4O. The van der Waals surface area contributed by atoms with Crippen molar-refractivity contribution in [1.29, 1.82) is 0 Å². The lowest BCUT2D eigenvalue weighted by molar-refractivity contribution is -0.127. The Bertz CT molecular complexity index is 1120. The largest absolute Gasteiger partial charge is 0.365 e. The molecule has 0 fully saturated rings. The van der Waals surface area contributed by atoms with Crippen LogP contribution in [-0.4, -0.2) is 46.5 Å². The van der Waals surface area contributed by atoms with E-state index in [-0.39, 0.29) is 12.1 Å². The fourth-order valence-electron chi connectivity index (χ4n) is 4.52. The highest BCUT2D eigenvalue weighted by atomic mass is 35.5. The molecule has 4 heterocycles. The number of fused-ring (bicyclic) bond motifs is 2. The first kappa shape index (κ1) is 19.2. The van der Waals surface area contributed by atoms with Gasteiger partial charge in [0.1, 0.15) is 6.17 Å². The average molecular weight is 421 g/mol. The molecule has 6 heteroatoms. The Morgan fingerprint density at radius 2 is 2.17 bits per heavy atom. The van der Waals surface area contributed by atoms with Crippen LogP contribution in [0.1, 0.15) is 25.3 Å². The summed E-state index contributed by atoms with van der Waals surface area (Å²) in [5.41, 5.74) is 5.59. The van der Waals surface area contributed by atoms with Gasteiger partial charge in [0.05, 0.1) is 0 Å². The van der Waals surface area contributed by atoms with E-state index in [0.29, 0.717) is 0 Å². The van der Waals surface area contributed by atoms with Gasteiger partial charge in [-0.1, -0.05) is 23.8 Å². The summed E-state index contributed by atoms with van der Waals surface area (Å²) >= 11 is 6.20. The molecule has 2 aromatic rings. The van der Waals surface area contributed by atoms with Crippen molar-refractivity contribution in [2.45, 2.75) is 25.9 Å². The van der Waals surface area contributed by atoms with E-state index in [4.69, 9.17) is 11.6 Å². The zero-order valence-corrected chi connectivity index (χ0v) is 17.7. The molecule has 154 valence electrons. The number of allylic oxidation sites excluding steroid dienone is 3. The minimum Gasteiger partial charge on any atom is -0.365 e. The molecule has 0 spiro atoms. The Hall–Kier alpha value is -2.76. The van der Waals surface area contributed by atoms with Crippen LogP contribution in [0.5, 0.6) is 0 Å². The predicted octanol–water partition coefficient (Wildman–Crippen LogP) is 4.42. The number of hydrogen-bond donors (Lipinski definition) is 2. The van der Waals surface area contributed by atoms with Crippen molar-refractivity contribution in [3.63, 3.8) is 0 Å². The molecule has 0 saturated carbocycles. The van der Waals surface area contributed by atoms with Crippen molar-refractivity contribution in [3.05, 3.63) is 76.8 Å². The van der Waals surface area contributed by atoms with Gasteiger partial charge in [-0.15, -0.1) is 0 Å². The van der Waals surface area contributed by atoms with Gasteiger partial charge < -0.3 is 10.3 Å². The lowest BCUT2D eigenvalue weighted by atomic mass is 9.98. The minimum absolute atomic E-state index is 0.0589. The van der Waals surface area contributed by atoms with E-state index in [2.05, 4.69) is 27.5 Å². The Labute approximate surface area is 181 Å². The number of carbonyl (C=O) groups excluding carboxylic acids is 1. The van der Waals surface area contributed by atoms with Crippen molar-refractivity contribution in [3.8, 4) is 0 Å². The number of aromatic nitrogens is 1. The zero-order chi connectivity index (χ0) is 20.7. The molecule has 1 aromatic heterocycles. The summed E-state index contributed by atoms with van der Waals surface area (Å²) < 4.78 is 0. The number of amides is 1. The van der Waals surface area contributed by atoms with Gasteiger partial charge in [0.25, 0.3) is 5.91 Å². The average Bonchev–Trinajstić information content (AvgIpc) is 3.17. The molecule has 5 nitrogen and oxygen atoms in total. The molecule has 1 amide bonds. The second-order valence-electron chi connectivity index (χ2n) is 8.05. The normalized spacial score (nSPS) is 21.8. The summed E-state index contributed by atoms with van der Waals surface area (Å²) in [4.78, 5) is 20.4. The third kappa shape index (κ3) is 3.48. The number of rotatable bonds is 4. The van der Waals surface area contributed by atoms with Crippen LogP contribution in [-0.2, 0) is 4.79 Å². The number of hydrogen-bond acceptors (Lipinski definition) is 3. The van der Waals surface area contributed by atoms with Crippen LogP contribution in [0.3, 0.4) is 0 Å². The molecule has 0 saturated heterocycles. The quantitative estimate of drug-likeness (QED) is 0.770. The molecule has 0 radical (unpaired) electrons. The molecule has 0 bridgehead atoms. The number of benzene rings is 1.